The fourth-order valence-corrected chi connectivity index (χ4v) is 4.94. The van der Waals surface area contributed by atoms with Crippen molar-refractivity contribution in [3.05, 3.63) is 107 Å². The van der Waals surface area contributed by atoms with E-state index in [0.717, 1.165) is 5.56 Å². The Kier molecular flexibility index (Phi) is 6.83. The molecule has 0 aliphatic carbocycles. The van der Waals surface area contributed by atoms with Gasteiger partial charge in [0.2, 0.25) is 5.88 Å². The zero-order valence-corrected chi connectivity index (χ0v) is 23.2. The summed E-state index contributed by atoms with van der Waals surface area (Å²) in [6.45, 7) is 5.62. The lowest BCUT2D eigenvalue weighted by Crippen LogP contribution is -2.33. The summed E-state index contributed by atoms with van der Waals surface area (Å²) >= 11 is 0. The van der Waals surface area contributed by atoms with Crippen molar-refractivity contribution >= 4 is 28.3 Å². The summed E-state index contributed by atoms with van der Waals surface area (Å²) in [5.74, 6) is 0.384. The van der Waals surface area contributed by atoms with Gasteiger partial charge < -0.3 is 15.8 Å². The van der Waals surface area contributed by atoms with Crippen LogP contribution in [0.1, 0.15) is 43.0 Å². The van der Waals surface area contributed by atoms with Crippen LogP contribution in [0.25, 0.3) is 33.4 Å². The molecule has 4 heterocycles. The minimum Gasteiger partial charge on any atom is -0.475 e. The summed E-state index contributed by atoms with van der Waals surface area (Å²) in [6, 6.07) is 19.4. The first kappa shape index (κ1) is 26.6. The van der Waals surface area contributed by atoms with Gasteiger partial charge >= 0.3 is 0 Å². The molecule has 42 heavy (non-hydrogen) atoms. The van der Waals surface area contributed by atoms with E-state index in [9.17, 15) is 9.59 Å². The molecule has 210 valence electrons. The second kappa shape index (κ2) is 10.8. The zero-order chi connectivity index (χ0) is 29.4. The van der Waals surface area contributed by atoms with Gasteiger partial charge in [-0.1, -0.05) is 30.3 Å². The standard InChI is InChI=1S/C31H28N8O3/c1-18(2)42-24-17-20(13-15-33-24)22-11-7-12-23-25(22)31(41)39(21-9-5-4-6-10-21)28(36-23)19(3)35-30(40)26-27(32)37-38-16-8-14-34-29(26)38/h4-19H,1-3H3,(H2,32,37)(H,35,40)/t19-/m0/s1. The van der Waals surface area contributed by atoms with Gasteiger partial charge in [0.25, 0.3) is 11.5 Å². The number of nitrogens with zero attached hydrogens (tertiary/aromatic N) is 6. The van der Waals surface area contributed by atoms with Crippen LogP contribution in [0.4, 0.5) is 5.82 Å². The van der Waals surface area contributed by atoms with Gasteiger partial charge in [0.15, 0.2) is 11.5 Å². The second-order valence-corrected chi connectivity index (χ2v) is 10.0. The van der Waals surface area contributed by atoms with Crippen molar-refractivity contribution < 1.29 is 9.53 Å². The number of nitrogens with two attached hydrogens (primary N) is 1. The van der Waals surface area contributed by atoms with Crippen molar-refractivity contribution in [2.45, 2.75) is 32.9 Å². The number of nitrogen functional groups attached to an aromatic ring is 1. The van der Waals surface area contributed by atoms with E-state index in [1.165, 1.54) is 9.08 Å². The van der Waals surface area contributed by atoms with E-state index in [-0.39, 0.29) is 23.0 Å². The summed E-state index contributed by atoms with van der Waals surface area (Å²) in [7, 11) is 0. The molecule has 0 radical (unpaired) electrons. The highest BCUT2D eigenvalue weighted by Gasteiger charge is 2.25. The average Bonchev–Trinajstić information content (AvgIpc) is 3.32. The Morgan fingerprint density at radius 2 is 1.79 bits per heavy atom. The van der Waals surface area contributed by atoms with Gasteiger partial charge in [-0.3, -0.25) is 14.2 Å². The Morgan fingerprint density at radius 3 is 2.57 bits per heavy atom. The summed E-state index contributed by atoms with van der Waals surface area (Å²) in [6.07, 6.45) is 4.83. The van der Waals surface area contributed by atoms with E-state index in [2.05, 4.69) is 20.4 Å². The number of nitrogens with one attached hydrogen (secondary N) is 1. The van der Waals surface area contributed by atoms with E-state index in [0.29, 0.717) is 39.5 Å². The Labute approximate surface area is 240 Å². The number of para-hydroxylation sites is 1. The van der Waals surface area contributed by atoms with Gasteiger partial charge in [0, 0.05) is 24.7 Å². The average molecular weight is 561 g/mol. The molecule has 6 rings (SSSR count). The van der Waals surface area contributed by atoms with E-state index in [4.69, 9.17) is 15.5 Å². The number of anilines is 1. The molecule has 1 atom stereocenters. The lowest BCUT2D eigenvalue weighted by Gasteiger charge is -2.20. The minimum absolute atomic E-state index is 0.0492. The van der Waals surface area contributed by atoms with Crippen LogP contribution in [-0.4, -0.2) is 41.1 Å². The Bertz CT molecular complexity index is 2000. The number of carbonyl (C=O) groups excluding carboxylic acids is 1. The van der Waals surface area contributed by atoms with Crippen LogP contribution in [0.2, 0.25) is 0 Å². The number of fused-ring (bicyclic) bond motifs is 2. The third kappa shape index (κ3) is 4.81. The SMILES string of the molecule is CC(C)Oc1cc(-c2cccc3nc([C@H](C)NC(=O)c4c(N)nn5cccnc45)n(-c4ccccc4)c(=O)c23)ccn1. The quantitative estimate of drug-likeness (QED) is 0.293. The van der Waals surface area contributed by atoms with Crippen LogP contribution in [0, 0.1) is 0 Å². The minimum atomic E-state index is -0.691. The monoisotopic (exact) mass is 560 g/mol. The van der Waals surface area contributed by atoms with Gasteiger partial charge in [-0.05, 0) is 62.2 Å². The second-order valence-electron chi connectivity index (χ2n) is 10.0. The fourth-order valence-electron chi connectivity index (χ4n) is 4.94. The molecule has 0 aliphatic rings. The number of carbonyl (C=O) groups is 1. The predicted molar refractivity (Wildman–Crippen MR) is 160 cm³/mol. The van der Waals surface area contributed by atoms with Crippen LogP contribution < -0.4 is 21.3 Å². The van der Waals surface area contributed by atoms with Crippen LogP contribution in [0.5, 0.6) is 5.88 Å². The highest BCUT2D eigenvalue weighted by molar-refractivity contribution is 6.04. The summed E-state index contributed by atoms with van der Waals surface area (Å²) in [5, 5.41) is 7.56. The summed E-state index contributed by atoms with van der Waals surface area (Å²) < 4.78 is 8.77. The first-order valence-electron chi connectivity index (χ1n) is 13.5. The molecule has 0 unspecified atom stereocenters. The van der Waals surface area contributed by atoms with Gasteiger partial charge in [-0.2, -0.15) is 0 Å². The first-order chi connectivity index (χ1) is 20.3. The molecular weight excluding hydrogens is 532 g/mol. The molecule has 2 aromatic carbocycles. The van der Waals surface area contributed by atoms with Crippen molar-refractivity contribution in [3.8, 4) is 22.7 Å². The molecule has 6 aromatic rings. The maximum atomic E-state index is 14.4. The molecule has 0 fully saturated rings. The van der Waals surface area contributed by atoms with E-state index >= 15 is 0 Å². The topological polar surface area (TPSA) is 142 Å². The Morgan fingerprint density at radius 1 is 0.976 bits per heavy atom. The molecule has 11 heteroatoms. The van der Waals surface area contributed by atoms with E-state index in [1.807, 2.05) is 68.4 Å². The first-order valence-corrected chi connectivity index (χ1v) is 13.5. The van der Waals surface area contributed by atoms with Crippen molar-refractivity contribution in [2.75, 3.05) is 5.73 Å². The lowest BCUT2D eigenvalue weighted by molar-refractivity contribution is 0.0940. The molecule has 0 spiro atoms. The fraction of sp³-hybridized carbons (Fsp3) is 0.161. The zero-order valence-electron chi connectivity index (χ0n) is 23.2. The summed E-state index contributed by atoms with van der Waals surface area (Å²) in [5.41, 5.74) is 8.84. The number of hydrogen-bond acceptors (Lipinski definition) is 8. The van der Waals surface area contributed by atoms with Gasteiger partial charge in [-0.25, -0.2) is 19.5 Å². The van der Waals surface area contributed by atoms with Gasteiger partial charge in [0.05, 0.1) is 28.7 Å². The highest BCUT2D eigenvalue weighted by Crippen LogP contribution is 2.29. The third-order valence-corrected chi connectivity index (χ3v) is 6.72. The number of aromatic nitrogens is 6. The number of rotatable bonds is 7. The molecule has 11 nitrogen and oxygen atoms in total. The smallest absolute Gasteiger partial charge is 0.266 e. The summed E-state index contributed by atoms with van der Waals surface area (Å²) in [4.78, 5) is 41.3. The van der Waals surface area contributed by atoms with Crippen LogP contribution >= 0.6 is 0 Å². The molecule has 0 bridgehead atoms. The Balaban J connectivity index is 1.49. The van der Waals surface area contributed by atoms with E-state index < -0.39 is 11.9 Å². The lowest BCUT2D eigenvalue weighted by atomic mass is 10.0. The molecule has 0 saturated carbocycles. The number of pyridine rings is 1. The molecule has 0 aliphatic heterocycles. The molecule has 0 saturated heterocycles. The van der Waals surface area contributed by atoms with Crippen molar-refractivity contribution in [2.24, 2.45) is 0 Å². The van der Waals surface area contributed by atoms with Gasteiger partial charge in [0.1, 0.15) is 11.4 Å². The highest BCUT2D eigenvalue weighted by atomic mass is 16.5. The van der Waals surface area contributed by atoms with Crippen molar-refractivity contribution in [1.82, 2.24) is 34.4 Å². The van der Waals surface area contributed by atoms with Crippen LogP contribution in [-0.2, 0) is 0 Å². The van der Waals surface area contributed by atoms with E-state index in [1.54, 1.807) is 37.6 Å². The number of hydrogen-bond donors (Lipinski definition) is 2. The third-order valence-electron chi connectivity index (χ3n) is 6.72. The predicted octanol–water partition coefficient (Wildman–Crippen LogP) is 4.35. The maximum Gasteiger partial charge on any atom is 0.266 e. The van der Waals surface area contributed by atoms with Crippen LogP contribution in [0.3, 0.4) is 0 Å². The van der Waals surface area contributed by atoms with Crippen molar-refractivity contribution in [3.63, 3.8) is 0 Å². The van der Waals surface area contributed by atoms with Gasteiger partial charge in [-0.15, -0.1) is 5.10 Å². The molecule has 1 amide bonds. The number of ether oxygens (including phenoxy) is 1. The number of amides is 1. The normalized spacial score (nSPS) is 12.1. The Hall–Kier alpha value is -5.58. The molecule has 3 N–H and O–H groups in total. The largest absolute Gasteiger partial charge is 0.475 e. The van der Waals surface area contributed by atoms with Crippen molar-refractivity contribution in [1.29, 1.82) is 0 Å². The molecule has 4 aromatic heterocycles. The van der Waals surface area contributed by atoms with Crippen LogP contribution in [0.15, 0.2) is 90.1 Å². The molecular formula is C31H28N8O3. The maximum absolute atomic E-state index is 14.4. The number of benzene rings is 2.